The van der Waals surface area contributed by atoms with Crippen LogP contribution in [0.2, 0.25) is 0 Å². The normalized spacial score (nSPS) is 17.4. The molecule has 0 aromatic carbocycles. The minimum atomic E-state index is -0.215. The zero-order chi connectivity index (χ0) is 16.7. The Morgan fingerprint density at radius 2 is 2.38 bits per heavy atom. The highest BCUT2D eigenvalue weighted by Gasteiger charge is 2.25. The first-order chi connectivity index (χ1) is 11.7. The van der Waals surface area contributed by atoms with E-state index >= 15 is 0 Å². The van der Waals surface area contributed by atoms with Crippen molar-refractivity contribution in [2.75, 3.05) is 12.3 Å². The van der Waals surface area contributed by atoms with Gasteiger partial charge in [-0.05, 0) is 31.0 Å². The van der Waals surface area contributed by atoms with Gasteiger partial charge >= 0.3 is 0 Å². The molecule has 0 bridgehead atoms. The third-order valence-electron chi connectivity index (χ3n) is 4.39. The van der Waals surface area contributed by atoms with Crippen molar-refractivity contribution in [2.45, 2.75) is 25.5 Å². The van der Waals surface area contributed by atoms with Crippen LogP contribution in [-0.2, 0) is 11.3 Å². The lowest BCUT2D eigenvalue weighted by Gasteiger charge is -2.13. The Kier molecular flexibility index (Phi) is 3.40. The van der Waals surface area contributed by atoms with Gasteiger partial charge in [0.1, 0.15) is 17.0 Å². The van der Waals surface area contributed by atoms with Crippen LogP contribution < -0.4 is 15.9 Å². The summed E-state index contributed by atoms with van der Waals surface area (Å²) in [5.74, 6) is 0.313. The van der Waals surface area contributed by atoms with Crippen LogP contribution in [0, 0.1) is 11.3 Å². The summed E-state index contributed by atoms with van der Waals surface area (Å²) in [5, 5.41) is 9.74. The van der Waals surface area contributed by atoms with Crippen molar-refractivity contribution in [1.29, 1.82) is 5.26 Å². The molecule has 120 valence electrons. The highest BCUT2D eigenvalue weighted by Crippen LogP contribution is 2.17. The summed E-state index contributed by atoms with van der Waals surface area (Å²) >= 11 is 0. The first-order valence-electron chi connectivity index (χ1n) is 7.84. The molecule has 0 amide bonds. The summed E-state index contributed by atoms with van der Waals surface area (Å²) in [4.78, 5) is 17.4. The van der Waals surface area contributed by atoms with Crippen LogP contribution in [0.15, 0.2) is 35.3 Å². The van der Waals surface area contributed by atoms with Gasteiger partial charge < -0.3 is 10.5 Å². The van der Waals surface area contributed by atoms with Gasteiger partial charge in [-0.25, -0.2) is 4.57 Å². The van der Waals surface area contributed by atoms with E-state index in [0.29, 0.717) is 29.0 Å². The van der Waals surface area contributed by atoms with Gasteiger partial charge in [0.15, 0.2) is 0 Å². The van der Waals surface area contributed by atoms with E-state index < -0.39 is 0 Å². The van der Waals surface area contributed by atoms with E-state index in [0.717, 1.165) is 19.4 Å². The Hall–Kier alpha value is -2.98. The number of ether oxygens (including phenoxy) is 1. The molecule has 1 aliphatic heterocycles. The fraction of sp³-hybridized carbons (Fsp3) is 0.294. The van der Waals surface area contributed by atoms with Crippen molar-refractivity contribution in [3.63, 3.8) is 0 Å². The average Bonchev–Trinajstić information content (AvgIpc) is 3.11. The highest BCUT2D eigenvalue weighted by atomic mass is 16.5. The lowest BCUT2D eigenvalue weighted by atomic mass is 10.2. The quantitative estimate of drug-likeness (QED) is 0.555. The van der Waals surface area contributed by atoms with E-state index in [1.807, 2.05) is 6.07 Å². The maximum Gasteiger partial charge on any atom is 0.278 e. The number of nitrogen functional groups attached to an aromatic ring is 1. The van der Waals surface area contributed by atoms with Crippen LogP contribution in [-0.4, -0.2) is 22.1 Å². The fourth-order valence-electron chi connectivity index (χ4n) is 3.17. The summed E-state index contributed by atoms with van der Waals surface area (Å²) < 4.78 is 8.88. The molecule has 1 atom stereocenters. The van der Waals surface area contributed by atoms with Gasteiger partial charge in [0.05, 0.1) is 12.6 Å². The van der Waals surface area contributed by atoms with Crippen LogP contribution in [0.3, 0.4) is 0 Å². The summed E-state index contributed by atoms with van der Waals surface area (Å²) in [7, 11) is 0. The predicted molar refractivity (Wildman–Crippen MR) is 87.3 cm³/mol. The van der Waals surface area contributed by atoms with Crippen LogP contribution in [0.5, 0.6) is 0 Å². The summed E-state index contributed by atoms with van der Waals surface area (Å²) in [6.45, 7) is 1.20. The standard InChI is InChI=1S/C17H15N5O2/c18-9-11-8-13-16(20-14-5-1-2-6-21(14)17(13)23)22(15(11)19)10-12-4-3-7-24-12/h1-2,5-6,8,12,19H,3-4,7,10H2/p+1/t12-/m0/s1. The molecule has 0 aliphatic carbocycles. The molecule has 4 rings (SSSR count). The van der Waals surface area contributed by atoms with Crippen molar-refractivity contribution in [1.82, 2.24) is 9.38 Å². The summed E-state index contributed by atoms with van der Waals surface area (Å²) in [6.07, 6.45) is 3.61. The maximum absolute atomic E-state index is 12.8. The van der Waals surface area contributed by atoms with Gasteiger partial charge in [0, 0.05) is 12.8 Å². The lowest BCUT2D eigenvalue weighted by Crippen LogP contribution is -2.45. The van der Waals surface area contributed by atoms with Gasteiger partial charge in [-0.1, -0.05) is 11.1 Å². The van der Waals surface area contributed by atoms with Crippen molar-refractivity contribution in [3.05, 3.63) is 46.4 Å². The minimum absolute atomic E-state index is 0.0190. The molecule has 2 N–H and O–H groups in total. The van der Waals surface area contributed by atoms with Gasteiger partial charge in [-0.3, -0.25) is 9.20 Å². The molecule has 4 heterocycles. The van der Waals surface area contributed by atoms with Crippen molar-refractivity contribution in [2.24, 2.45) is 0 Å². The summed E-state index contributed by atoms with van der Waals surface area (Å²) in [6, 6.07) is 8.95. The third-order valence-corrected chi connectivity index (χ3v) is 4.39. The van der Waals surface area contributed by atoms with Crippen molar-refractivity contribution < 1.29 is 9.30 Å². The number of aromatic nitrogens is 3. The number of rotatable bonds is 2. The van der Waals surface area contributed by atoms with Gasteiger partial charge in [0.2, 0.25) is 11.5 Å². The van der Waals surface area contributed by atoms with Crippen molar-refractivity contribution >= 4 is 22.5 Å². The Morgan fingerprint density at radius 1 is 1.50 bits per heavy atom. The van der Waals surface area contributed by atoms with E-state index in [9.17, 15) is 10.1 Å². The van der Waals surface area contributed by atoms with Crippen LogP contribution >= 0.6 is 0 Å². The molecule has 0 radical (unpaired) electrons. The van der Waals surface area contributed by atoms with E-state index in [2.05, 4.69) is 11.1 Å². The van der Waals surface area contributed by atoms with E-state index in [-0.39, 0.29) is 17.2 Å². The van der Waals surface area contributed by atoms with Gasteiger partial charge in [-0.2, -0.15) is 5.26 Å². The number of anilines is 1. The SMILES string of the molecule is N#Cc1cc2c(=O)n3ccccc3nc2[n+](C[C@@H]2CCCO2)c1N. The van der Waals surface area contributed by atoms with E-state index in [1.165, 1.54) is 10.5 Å². The van der Waals surface area contributed by atoms with E-state index in [4.69, 9.17) is 10.5 Å². The molecule has 1 saturated heterocycles. The Labute approximate surface area is 137 Å². The highest BCUT2D eigenvalue weighted by molar-refractivity contribution is 5.76. The number of fused-ring (bicyclic) bond motifs is 2. The van der Waals surface area contributed by atoms with Gasteiger partial charge in [-0.15, -0.1) is 0 Å². The van der Waals surface area contributed by atoms with Gasteiger partial charge in [0.25, 0.3) is 11.2 Å². The van der Waals surface area contributed by atoms with Crippen LogP contribution in [0.25, 0.3) is 16.7 Å². The maximum atomic E-state index is 12.8. The number of nitrogens with zero attached hydrogens (tertiary/aromatic N) is 4. The zero-order valence-electron chi connectivity index (χ0n) is 13.0. The molecule has 3 aromatic heterocycles. The monoisotopic (exact) mass is 322 g/mol. The first kappa shape index (κ1) is 14.6. The Balaban J connectivity index is 2.05. The second-order valence-electron chi connectivity index (χ2n) is 5.88. The van der Waals surface area contributed by atoms with Crippen molar-refractivity contribution in [3.8, 4) is 6.07 Å². The molecular weight excluding hydrogens is 306 g/mol. The number of pyridine rings is 2. The fourth-order valence-corrected chi connectivity index (χ4v) is 3.17. The Morgan fingerprint density at radius 3 is 3.12 bits per heavy atom. The minimum Gasteiger partial charge on any atom is -0.375 e. The average molecular weight is 322 g/mol. The van der Waals surface area contributed by atoms with Crippen LogP contribution in [0.4, 0.5) is 5.82 Å². The zero-order valence-corrected chi connectivity index (χ0v) is 13.0. The predicted octanol–water partition coefficient (Wildman–Crippen LogP) is 0.768. The molecule has 3 aromatic rings. The first-order valence-corrected chi connectivity index (χ1v) is 7.84. The second-order valence-corrected chi connectivity index (χ2v) is 5.88. The molecule has 1 fully saturated rings. The van der Waals surface area contributed by atoms with E-state index in [1.54, 1.807) is 22.9 Å². The Bertz CT molecular complexity index is 1040. The third kappa shape index (κ3) is 2.20. The molecule has 1 aliphatic rings. The second kappa shape index (κ2) is 5.58. The number of hydrogen-bond acceptors (Lipinski definition) is 5. The molecule has 0 saturated carbocycles. The molecular formula is C17H16N5O2+. The van der Waals surface area contributed by atoms with Crippen LogP contribution in [0.1, 0.15) is 18.4 Å². The summed E-state index contributed by atoms with van der Waals surface area (Å²) in [5.41, 5.74) is 7.25. The topological polar surface area (TPSA) is 97.3 Å². The molecule has 0 spiro atoms. The smallest absolute Gasteiger partial charge is 0.278 e. The number of nitrogens with two attached hydrogens (primary N) is 1. The molecule has 7 heteroatoms. The molecule has 0 unspecified atom stereocenters. The number of hydrogen-bond donors (Lipinski definition) is 1. The number of nitriles is 1. The largest absolute Gasteiger partial charge is 0.375 e. The molecule has 24 heavy (non-hydrogen) atoms. The molecule has 7 nitrogen and oxygen atoms in total. The lowest BCUT2D eigenvalue weighted by molar-refractivity contribution is -0.666.